The summed E-state index contributed by atoms with van der Waals surface area (Å²) in [6.07, 6.45) is 1.43. The van der Waals surface area contributed by atoms with Crippen LogP contribution in [0.25, 0.3) is 11.3 Å². The third-order valence-electron chi connectivity index (χ3n) is 6.39. The highest BCUT2D eigenvalue weighted by molar-refractivity contribution is 9.10. The molecule has 2 amide bonds. The average molecular weight is 606 g/mol. The van der Waals surface area contributed by atoms with Gasteiger partial charge in [-0.1, -0.05) is 22.0 Å². The third kappa shape index (κ3) is 5.95. The van der Waals surface area contributed by atoms with Crippen molar-refractivity contribution in [3.8, 4) is 11.3 Å². The summed E-state index contributed by atoms with van der Waals surface area (Å²) in [4.78, 5) is 44.3. The summed E-state index contributed by atoms with van der Waals surface area (Å²) in [7, 11) is 1.54. The van der Waals surface area contributed by atoms with Crippen molar-refractivity contribution in [3.63, 3.8) is 0 Å². The van der Waals surface area contributed by atoms with E-state index in [1.165, 1.54) is 22.9 Å². The van der Waals surface area contributed by atoms with Gasteiger partial charge in [0.25, 0.3) is 17.4 Å². The summed E-state index contributed by atoms with van der Waals surface area (Å²) in [5.41, 5.74) is 1.30. The molecule has 1 aromatic heterocycles. The van der Waals surface area contributed by atoms with Gasteiger partial charge in [0.1, 0.15) is 0 Å². The van der Waals surface area contributed by atoms with E-state index in [-0.39, 0.29) is 28.7 Å². The first kappa shape index (κ1) is 27.2. The topological polar surface area (TPSA) is 106 Å². The van der Waals surface area contributed by atoms with Crippen LogP contribution in [-0.2, 0) is 11.8 Å². The minimum atomic E-state index is -0.684. The summed E-state index contributed by atoms with van der Waals surface area (Å²) < 4.78 is 23.0. The maximum atomic E-state index is 15.5. The lowest BCUT2D eigenvalue weighted by Crippen LogP contribution is -2.40. The number of carbonyl (C=O) groups is 2. The third-order valence-corrected chi connectivity index (χ3v) is 6.92. The standard InChI is InChI=1S/C29H25BrFN5O4/c1-35-17-24(22-3-2-4-23(25(22)31)34-27(37)18-5-9-20(30)10-6-18)33-26(29(35)39)32-21-11-7-19(8-12-21)28(38)36-13-15-40-16-14-36/h2-12,17H,13-16H2,1H3,(H,32,33)(H,34,37). The van der Waals surface area contributed by atoms with Gasteiger partial charge in [-0.05, 0) is 60.7 Å². The number of nitrogens with zero attached hydrogens (tertiary/aromatic N) is 3. The van der Waals surface area contributed by atoms with Gasteiger partial charge in [-0.3, -0.25) is 14.4 Å². The van der Waals surface area contributed by atoms with E-state index in [2.05, 4.69) is 31.5 Å². The minimum absolute atomic E-state index is 0.0175. The SMILES string of the molecule is Cn1cc(-c2cccc(NC(=O)c3ccc(Br)cc3)c2F)nc(Nc2ccc(C(=O)N3CCOCC3)cc2)c1=O. The van der Waals surface area contributed by atoms with Crippen LogP contribution in [0.2, 0.25) is 0 Å². The second-order valence-corrected chi connectivity index (χ2v) is 10.0. The van der Waals surface area contributed by atoms with Crippen molar-refractivity contribution in [2.45, 2.75) is 0 Å². The van der Waals surface area contributed by atoms with Crippen LogP contribution in [0.5, 0.6) is 0 Å². The van der Waals surface area contributed by atoms with E-state index < -0.39 is 17.3 Å². The number of aromatic nitrogens is 2. The van der Waals surface area contributed by atoms with Gasteiger partial charge in [-0.15, -0.1) is 0 Å². The number of morpholine rings is 1. The normalized spacial score (nSPS) is 13.1. The lowest BCUT2D eigenvalue weighted by Gasteiger charge is -2.26. The molecule has 11 heteroatoms. The molecule has 0 spiro atoms. The van der Waals surface area contributed by atoms with Crippen molar-refractivity contribution < 1.29 is 18.7 Å². The number of halogens is 2. The number of amides is 2. The van der Waals surface area contributed by atoms with Crippen molar-refractivity contribution in [1.29, 1.82) is 0 Å². The van der Waals surface area contributed by atoms with E-state index in [1.54, 1.807) is 66.5 Å². The maximum Gasteiger partial charge on any atom is 0.293 e. The predicted molar refractivity (Wildman–Crippen MR) is 153 cm³/mol. The second kappa shape index (κ2) is 11.8. The lowest BCUT2D eigenvalue weighted by molar-refractivity contribution is 0.0303. The molecule has 204 valence electrons. The molecule has 0 aliphatic carbocycles. The van der Waals surface area contributed by atoms with Gasteiger partial charge >= 0.3 is 0 Å². The Hall–Kier alpha value is -4.35. The lowest BCUT2D eigenvalue weighted by atomic mass is 10.1. The fraction of sp³-hybridized carbons (Fsp3) is 0.172. The van der Waals surface area contributed by atoms with E-state index >= 15 is 4.39 Å². The zero-order valence-corrected chi connectivity index (χ0v) is 23.1. The molecule has 3 aromatic carbocycles. The molecule has 1 aliphatic heterocycles. The van der Waals surface area contributed by atoms with Gasteiger partial charge in [0.2, 0.25) is 0 Å². The second-order valence-electron chi connectivity index (χ2n) is 9.13. The monoisotopic (exact) mass is 605 g/mol. The molecule has 0 unspecified atom stereocenters. The Labute approximate surface area is 237 Å². The Balaban J connectivity index is 1.37. The minimum Gasteiger partial charge on any atom is -0.378 e. The summed E-state index contributed by atoms with van der Waals surface area (Å²) in [6.45, 7) is 2.10. The first-order valence-electron chi connectivity index (χ1n) is 12.5. The number of hydrogen-bond acceptors (Lipinski definition) is 6. The molecule has 2 N–H and O–H groups in total. The first-order valence-corrected chi connectivity index (χ1v) is 13.3. The number of rotatable bonds is 6. The molecule has 1 aliphatic rings. The van der Waals surface area contributed by atoms with Gasteiger partial charge in [0.05, 0.1) is 24.6 Å². The molecule has 0 bridgehead atoms. The summed E-state index contributed by atoms with van der Waals surface area (Å²) in [6, 6.07) is 18.0. The molecule has 0 saturated carbocycles. The Bertz CT molecular complexity index is 1620. The highest BCUT2D eigenvalue weighted by Gasteiger charge is 2.19. The Kier molecular flexibility index (Phi) is 8.04. The summed E-state index contributed by atoms with van der Waals surface area (Å²) >= 11 is 3.32. The molecular weight excluding hydrogens is 581 g/mol. The number of aryl methyl sites for hydroxylation is 1. The van der Waals surface area contributed by atoms with Gasteiger partial charge in [-0.2, -0.15) is 0 Å². The fourth-order valence-corrected chi connectivity index (χ4v) is 4.49. The quantitative estimate of drug-likeness (QED) is 0.326. The Morgan fingerprint density at radius 3 is 2.35 bits per heavy atom. The highest BCUT2D eigenvalue weighted by Crippen LogP contribution is 2.27. The maximum absolute atomic E-state index is 15.5. The van der Waals surface area contributed by atoms with Crippen molar-refractivity contribution in [1.82, 2.24) is 14.5 Å². The first-order chi connectivity index (χ1) is 19.3. The molecule has 4 aromatic rings. The zero-order valence-electron chi connectivity index (χ0n) is 21.5. The van der Waals surface area contributed by atoms with Crippen LogP contribution in [-0.4, -0.2) is 52.6 Å². The van der Waals surface area contributed by atoms with Crippen molar-refractivity contribution >= 4 is 44.9 Å². The zero-order chi connectivity index (χ0) is 28.2. The van der Waals surface area contributed by atoms with E-state index in [0.29, 0.717) is 43.1 Å². The number of benzene rings is 3. The van der Waals surface area contributed by atoms with Crippen LogP contribution in [0.3, 0.4) is 0 Å². The van der Waals surface area contributed by atoms with Crippen molar-refractivity contribution in [3.05, 3.63) is 105 Å². The predicted octanol–water partition coefficient (Wildman–Crippen LogP) is 4.82. The number of hydrogen-bond donors (Lipinski definition) is 2. The fourth-order valence-electron chi connectivity index (χ4n) is 4.22. The van der Waals surface area contributed by atoms with Crippen molar-refractivity contribution in [2.24, 2.45) is 7.05 Å². The average Bonchev–Trinajstić information content (AvgIpc) is 2.97. The molecule has 9 nitrogen and oxygen atoms in total. The van der Waals surface area contributed by atoms with Crippen LogP contribution in [0.15, 0.2) is 82.2 Å². The van der Waals surface area contributed by atoms with Crippen LogP contribution >= 0.6 is 15.9 Å². The van der Waals surface area contributed by atoms with Gasteiger partial charge in [0, 0.05) is 53.2 Å². The molecule has 1 saturated heterocycles. The van der Waals surface area contributed by atoms with E-state index in [1.807, 2.05) is 0 Å². The van der Waals surface area contributed by atoms with E-state index in [4.69, 9.17) is 4.74 Å². The van der Waals surface area contributed by atoms with E-state index in [9.17, 15) is 14.4 Å². The highest BCUT2D eigenvalue weighted by atomic mass is 79.9. The molecule has 0 atom stereocenters. The van der Waals surface area contributed by atoms with Gasteiger partial charge < -0.3 is 24.8 Å². The van der Waals surface area contributed by atoms with Crippen LogP contribution in [0.1, 0.15) is 20.7 Å². The number of carbonyl (C=O) groups excluding carboxylic acids is 2. The van der Waals surface area contributed by atoms with Crippen molar-refractivity contribution in [2.75, 3.05) is 36.9 Å². The van der Waals surface area contributed by atoms with Gasteiger partial charge in [-0.25, -0.2) is 9.37 Å². The molecule has 5 rings (SSSR count). The van der Waals surface area contributed by atoms with Crippen LogP contribution in [0.4, 0.5) is 21.6 Å². The number of anilines is 3. The van der Waals surface area contributed by atoms with E-state index in [0.717, 1.165) is 4.47 Å². The molecule has 1 fully saturated rings. The smallest absolute Gasteiger partial charge is 0.293 e. The molecule has 40 heavy (non-hydrogen) atoms. The largest absolute Gasteiger partial charge is 0.378 e. The van der Waals surface area contributed by atoms with Crippen LogP contribution < -0.4 is 16.2 Å². The molecule has 0 radical (unpaired) electrons. The van der Waals surface area contributed by atoms with Gasteiger partial charge in [0.15, 0.2) is 11.6 Å². The number of nitrogens with one attached hydrogen (secondary N) is 2. The Morgan fingerprint density at radius 2 is 1.65 bits per heavy atom. The summed E-state index contributed by atoms with van der Waals surface area (Å²) in [5, 5.41) is 5.57. The summed E-state index contributed by atoms with van der Waals surface area (Å²) in [5.74, 6) is -1.25. The molecule has 2 heterocycles. The Morgan fingerprint density at radius 1 is 0.975 bits per heavy atom. The van der Waals surface area contributed by atoms with Crippen LogP contribution in [0, 0.1) is 5.82 Å². The number of ether oxygens (including phenoxy) is 1. The molecular formula is C29H25BrFN5O4.